The van der Waals surface area contributed by atoms with E-state index in [2.05, 4.69) is 10.3 Å². The van der Waals surface area contributed by atoms with Crippen LogP contribution in [-0.2, 0) is 16.1 Å². The SMILES string of the molecule is CC[C@@H](C)OC(=O)CNC(=O)c1ccc(CO)nc1. The van der Waals surface area contributed by atoms with Crippen molar-refractivity contribution < 1.29 is 19.4 Å². The van der Waals surface area contributed by atoms with Gasteiger partial charge >= 0.3 is 5.97 Å². The number of hydrogen-bond donors (Lipinski definition) is 2. The van der Waals surface area contributed by atoms with E-state index in [0.717, 1.165) is 6.42 Å². The summed E-state index contributed by atoms with van der Waals surface area (Å²) >= 11 is 0. The van der Waals surface area contributed by atoms with Gasteiger partial charge in [0.15, 0.2) is 0 Å². The van der Waals surface area contributed by atoms with Gasteiger partial charge in [-0.2, -0.15) is 0 Å². The van der Waals surface area contributed by atoms with E-state index in [4.69, 9.17) is 9.84 Å². The quantitative estimate of drug-likeness (QED) is 0.738. The number of esters is 1. The van der Waals surface area contributed by atoms with Gasteiger partial charge in [0, 0.05) is 6.20 Å². The molecule has 0 saturated heterocycles. The van der Waals surface area contributed by atoms with Crippen LogP contribution in [-0.4, -0.2) is 34.6 Å². The molecule has 0 bridgehead atoms. The molecule has 0 aliphatic heterocycles. The number of aromatic nitrogens is 1. The number of pyridine rings is 1. The summed E-state index contributed by atoms with van der Waals surface area (Å²) in [4.78, 5) is 26.9. The van der Waals surface area contributed by atoms with Gasteiger partial charge in [0.05, 0.1) is 24.0 Å². The Kier molecular flexibility index (Phi) is 5.95. The smallest absolute Gasteiger partial charge is 0.325 e. The van der Waals surface area contributed by atoms with E-state index in [1.54, 1.807) is 13.0 Å². The van der Waals surface area contributed by atoms with Crippen molar-refractivity contribution in [1.82, 2.24) is 10.3 Å². The zero-order valence-corrected chi connectivity index (χ0v) is 11.0. The Bertz CT molecular complexity index is 431. The minimum absolute atomic E-state index is 0.157. The fourth-order valence-electron chi connectivity index (χ4n) is 1.26. The summed E-state index contributed by atoms with van der Waals surface area (Å²) in [5.41, 5.74) is 0.807. The van der Waals surface area contributed by atoms with Gasteiger partial charge in [-0.25, -0.2) is 0 Å². The Balaban J connectivity index is 2.44. The van der Waals surface area contributed by atoms with Crippen molar-refractivity contribution in [2.45, 2.75) is 33.0 Å². The molecule has 1 heterocycles. The number of amides is 1. The molecule has 1 aromatic heterocycles. The normalized spacial score (nSPS) is 11.7. The first kappa shape index (κ1) is 15.1. The third-order valence-corrected chi connectivity index (χ3v) is 2.55. The zero-order valence-electron chi connectivity index (χ0n) is 11.0. The van der Waals surface area contributed by atoms with Crippen LogP contribution < -0.4 is 5.32 Å². The summed E-state index contributed by atoms with van der Waals surface area (Å²) in [7, 11) is 0. The van der Waals surface area contributed by atoms with Crippen molar-refractivity contribution in [2.24, 2.45) is 0 Å². The van der Waals surface area contributed by atoms with Crippen LogP contribution in [0.15, 0.2) is 18.3 Å². The molecule has 6 nitrogen and oxygen atoms in total. The van der Waals surface area contributed by atoms with Gasteiger partial charge in [0.1, 0.15) is 6.54 Å². The highest BCUT2D eigenvalue weighted by atomic mass is 16.5. The van der Waals surface area contributed by atoms with E-state index < -0.39 is 11.9 Å². The van der Waals surface area contributed by atoms with Crippen LogP contribution in [0.1, 0.15) is 36.3 Å². The number of carbonyl (C=O) groups excluding carboxylic acids is 2. The first-order chi connectivity index (χ1) is 9.06. The van der Waals surface area contributed by atoms with E-state index in [1.165, 1.54) is 12.3 Å². The van der Waals surface area contributed by atoms with Gasteiger partial charge < -0.3 is 15.2 Å². The Morgan fingerprint density at radius 1 is 1.47 bits per heavy atom. The summed E-state index contributed by atoms with van der Waals surface area (Å²) in [6.07, 6.45) is 1.92. The number of hydrogen-bond acceptors (Lipinski definition) is 5. The molecular weight excluding hydrogens is 248 g/mol. The molecule has 2 N–H and O–H groups in total. The number of ether oxygens (including phenoxy) is 1. The lowest BCUT2D eigenvalue weighted by atomic mass is 10.2. The Morgan fingerprint density at radius 3 is 2.74 bits per heavy atom. The number of rotatable bonds is 6. The highest BCUT2D eigenvalue weighted by molar-refractivity contribution is 5.95. The summed E-state index contributed by atoms with van der Waals surface area (Å²) in [5.74, 6) is -0.874. The van der Waals surface area contributed by atoms with E-state index >= 15 is 0 Å². The molecule has 0 radical (unpaired) electrons. The van der Waals surface area contributed by atoms with Crippen LogP contribution in [0.2, 0.25) is 0 Å². The van der Waals surface area contributed by atoms with Crippen molar-refractivity contribution in [1.29, 1.82) is 0 Å². The Labute approximate surface area is 111 Å². The van der Waals surface area contributed by atoms with Crippen molar-refractivity contribution in [2.75, 3.05) is 6.54 Å². The van der Waals surface area contributed by atoms with Gasteiger partial charge in [0.2, 0.25) is 0 Å². The minimum atomic E-state index is -0.470. The second-order valence-corrected chi connectivity index (χ2v) is 4.09. The Morgan fingerprint density at radius 2 is 2.21 bits per heavy atom. The standard InChI is InChI=1S/C13H18N2O4/c1-3-9(2)19-12(17)7-15-13(18)10-4-5-11(8-16)14-6-10/h4-6,9,16H,3,7-8H2,1-2H3,(H,15,18)/t9-/m1/s1. The number of nitrogens with zero attached hydrogens (tertiary/aromatic N) is 1. The van der Waals surface area contributed by atoms with Crippen LogP contribution >= 0.6 is 0 Å². The molecule has 19 heavy (non-hydrogen) atoms. The molecule has 0 fully saturated rings. The van der Waals surface area contributed by atoms with Crippen LogP contribution in [0.3, 0.4) is 0 Å². The van der Waals surface area contributed by atoms with Crippen LogP contribution in [0, 0.1) is 0 Å². The van der Waals surface area contributed by atoms with Crippen molar-refractivity contribution >= 4 is 11.9 Å². The van der Waals surface area contributed by atoms with Gasteiger partial charge in [-0.3, -0.25) is 14.6 Å². The summed E-state index contributed by atoms with van der Waals surface area (Å²) in [5, 5.41) is 11.3. The average molecular weight is 266 g/mol. The lowest BCUT2D eigenvalue weighted by Crippen LogP contribution is -2.32. The summed E-state index contributed by atoms with van der Waals surface area (Å²) in [6.45, 7) is 3.34. The first-order valence-electron chi connectivity index (χ1n) is 6.10. The lowest BCUT2D eigenvalue weighted by Gasteiger charge is -2.11. The molecule has 0 aliphatic carbocycles. The number of aliphatic hydroxyl groups is 1. The number of carbonyl (C=O) groups is 2. The molecule has 1 atom stereocenters. The Hall–Kier alpha value is -1.95. The van der Waals surface area contributed by atoms with Gasteiger partial charge in [-0.1, -0.05) is 6.92 Å². The van der Waals surface area contributed by atoms with Gasteiger partial charge in [-0.05, 0) is 25.5 Å². The summed E-state index contributed by atoms with van der Waals surface area (Å²) < 4.78 is 5.02. The van der Waals surface area contributed by atoms with Gasteiger partial charge in [-0.15, -0.1) is 0 Å². The van der Waals surface area contributed by atoms with Crippen LogP contribution in [0.5, 0.6) is 0 Å². The zero-order chi connectivity index (χ0) is 14.3. The first-order valence-corrected chi connectivity index (χ1v) is 6.10. The maximum atomic E-state index is 11.7. The highest BCUT2D eigenvalue weighted by Gasteiger charge is 2.11. The van der Waals surface area contributed by atoms with Crippen molar-refractivity contribution in [3.8, 4) is 0 Å². The molecule has 1 aromatic rings. The maximum Gasteiger partial charge on any atom is 0.325 e. The predicted octanol–water partition coefficient (Wildman–Crippen LogP) is 0.645. The highest BCUT2D eigenvalue weighted by Crippen LogP contribution is 2.00. The average Bonchev–Trinajstić information content (AvgIpc) is 2.44. The molecule has 1 rings (SSSR count). The largest absolute Gasteiger partial charge is 0.461 e. The number of nitrogens with one attached hydrogen (secondary N) is 1. The van der Waals surface area contributed by atoms with E-state index in [9.17, 15) is 9.59 Å². The molecule has 0 unspecified atom stereocenters. The molecule has 6 heteroatoms. The third kappa shape index (κ3) is 5.05. The monoisotopic (exact) mass is 266 g/mol. The number of aliphatic hydroxyl groups excluding tert-OH is 1. The molecule has 0 aliphatic rings. The lowest BCUT2D eigenvalue weighted by molar-refractivity contribution is -0.147. The van der Waals surface area contributed by atoms with E-state index in [0.29, 0.717) is 11.3 Å². The predicted molar refractivity (Wildman–Crippen MR) is 68.3 cm³/mol. The fourth-order valence-corrected chi connectivity index (χ4v) is 1.26. The molecular formula is C13H18N2O4. The van der Waals surface area contributed by atoms with Crippen LogP contribution in [0.4, 0.5) is 0 Å². The van der Waals surface area contributed by atoms with Crippen molar-refractivity contribution in [3.63, 3.8) is 0 Å². The van der Waals surface area contributed by atoms with Crippen LogP contribution in [0.25, 0.3) is 0 Å². The summed E-state index contributed by atoms with van der Waals surface area (Å²) in [6, 6.07) is 3.08. The minimum Gasteiger partial charge on any atom is -0.461 e. The molecule has 104 valence electrons. The molecule has 1 amide bonds. The van der Waals surface area contributed by atoms with Gasteiger partial charge in [0.25, 0.3) is 5.91 Å². The second-order valence-electron chi connectivity index (χ2n) is 4.09. The van der Waals surface area contributed by atoms with Crippen molar-refractivity contribution in [3.05, 3.63) is 29.6 Å². The fraction of sp³-hybridized carbons (Fsp3) is 0.462. The van der Waals surface area contributed by atoms with E-state index in [-0.39, 0.29) is 19.3 Å². The molecule has 0 aromatic carbocycles. The maximum absolute atomic E-state index is 11.7. The molecule has 0 spiro atoms. The third-order valence-electron chi connectivity index (χ3n) is 2.55. The molecule has 0 saturated carbocycles. The van der Waals surface area contributed by atoms with E-state index in [1.807, 2.05) is 6.92 Å². The second kappa shape index (κ2) is 7.48. The topological polar surface area (TPSA) is 88.5 Å².